The van der Waals surface area contributed by atoms with Gasteiger partial charge in [0.05, 0.1) is 11.4 Å². The monoisotopic (exact) mass is 483 g/mol. The molecule has 5 rings (SSSR count). The van der Waals surface area contributed by atoms with E-state index >= 15 is 0 Å². The fourth-order valence-corrected chi connectivity index (χ4v) is 5.42. The first-order valence-corrected chi connectivity index (χ1v) is 12.2. The molecule has 9 nitrogen and oxygen atoms in total. The molecule has 0 bridgehead atoms. The van der Waals surface area contributed by atoms with Crippen molar-refractivity contribution in [3.63, 3.8) is 0 Å². The molecule has 3 aromatic rings. The molecule has 2 N–H and O–H groups in total. The third-order valence-electron chi connectivity index (χ3n) is 7.28. The van der Waals surface area contributed by atoms with Crippen LogP contribution >= 0.6 is 0 Å². The van der Waals surface area contributed by atoms with Gasteiger partial charge in [-0.3, -0.25) is 14.7 Å². The number of benzene rings is 1. The number of nitrogen functional groups attached to an aromatic ring is 1. The molecule has 3 amide bonds. The number of carbonyl (C=O) groups is 2. The van der Waals surface area contributed by atoms with Crippen LogP contribution in [0.25, 0.3) is 0 Å². The van der Waals surface area contributed by atoms with Crippen molar-refractivity contribution in [2.24, 2.45) is 4.99 Å². The SMILES string of the molecule is C=NC(=O)N(c1cccnc1C)C1CCC(c2cc(C(=O)N3CCc4c(N)cccc43)ncn2)CC1. The molecule has 36 heavy (non-hydrogen) atoms. The largest absolute Gasteiger partial charge is 0.398 e. The molecule has 1 saturated carbocycles. The molecule has 1 aromatic carbocycles. The number of aliphatic imine (C=N–C) groups is 1. The van der Waals surface area contributed by atoms with Crippen LogP contribution in [-0.2, 0) is 6.42 Å². The highest BCUT2D eigenvalue weighted by Gasteiger charge is 2.33. The van der Waals surface area contributed by atoms with Crippen molar-refractivity contribution in [2.75, 3.05) is 22.1 Å². The number of aromatic nitrogens is 3. The maximum Gasteiger partial charge on any atom is 0.347 e. The highest BCUT2D eigenvalue weighted by atomic mass is 16.2. The molecule has 3 heterocycles. The molecule has 9 heteroatoms. The third-order valence-corrected chi connectivity index (χ3v) is 7.28. The van der Waals surface area contributed by atoms with Crippen LogP contribution in [0.4, 0.5) is 21.9 Å². The zero-order valence-electron chi connectivity index (χ0n) is 20.3. The number of hydrogen-bond acceptors (Lipinski definition) is 6. The molecular formula is C27H29N7O2. The van der Waals surface area contributed by atoms with Crippen molar-refractivity contribution in [1.82, 2.24) is 15.0 Å². The van der Waals surface area contributed by atoms with Crippen LogP contribution in [0.5, 0.6) is 0 Å². The van der Waals surface area contributed by atoms with E-state index in [1.165, 1.54) is 6.33 Å². The Balaban J connectivity index is 1.31. The lowest BCUT2D eigenvalue weighted by molar-refractivity contribution is 0.0984. The second-order valence-corrected chi connectivity index (χ2v) is 9.30. The standard InChI is InChI=1S/C27H29N7O2/c1-17-24(7-4-13-30-17)34(27(36)29-2)19-10-8-18(9-11-19)22-15-23(32-16-31-22)26(35)33-14-12-20-21(28)5-3-6-25(20)33/h3-7,13,15-16,18-19H,2,8-12,14,28H2,1H3. The van der Waals surface area contributed by atoms with Crippen LogP contribution < -0.4 is 15.5 Å². The zero-order chi connectivity index (χ0) is 25.2. The molecule has 0 saturated heterocycles. The fourth-order valence-electron chi connectivity index (χ4n) is 5.42. The van der Waals surface area contributed by atoms with Crippen molar-refractivity contribution >= 4 is 35.7 Å². The van der Waals surface area contributed by atoms with Gasteiger partial charge in [-0.05, 0) is 76.1 Å². The summed E-state index contributed by atoms with van der Waals surface area (Å²) in [6.07, 6.45) is 7.15. The van der Waals surface area contributed by atoms with E-state index in [-0.39, 0.29) is 23.9 Å². The molecule has 184 valence electrons. The van der Waals surface area contributed by atoms with Crippen LogP contribution in [0, 0.1) is 6.92 Å². The molecule has 0 spiro atoms. The topological polar surface area (TPSA) is 118 Å². The molecule has 2 aromatic heterocycles. The molecule has 1 fully saturated rings. The number of fused-ring (bicyclic) bond motifs is 1. The highest BCUT2D eigenvalue weighted by Crippen LogP contribution is 2.37. The molecule has 2 aliphatic rings. The van der Waals surface area contributed by atoms with E-state index in [0.29, 0.717) is 17.9 Å². The van der Waals surface area contributed by atoms with E-state index in [4.69, 9.17) is 5.73 Å². The quantitative estimate of drug-likeness (QED) is 0.436. The van der Waals surface area contributed by atoms with Crippen LogP contribution in [0.15, 0.2) is 53.9 Å². The minimum atomic E-state index is -0.365. The maximum atomic E-state index is 13.3. The first kappa shape index (κ1) is 23.6. The fraction of sp³-hybridized carbons (Fsp3) is 0.333. The summed E-state index contributed by atoms with van der Waals surface area (Å²) in [5.74, 6) is 0.0403. The molecule has 0 unspecified atom stereocenters. The second-order valence-electron chi connectivity index (χ2n) is 9.30. The Morgan fingerprint density at radius 1 is 1.11 bits per heavy atom. The van der Waals surface area contributed by atoms with Gasteiger partial charge in [0.2, 0.25) is 0 Å². The molecule has 0 atom stereocenters. The zero-order valence-corrected chi connectivity index (χ0v) is 20.3. The van der Waals surface area contributed by atoms with Crippen molar-refractivity contribution in [1.29, 1.82) is 0 Å². The Morgan fingerprint density at radius 3 is 2.67 bits per heavy atom. The number of rotatable bonds is 4. The number of anilines is 3. The lowest BCUT2D eigenvalue weighted by Gasteiger charge is -2.36. The van der Waals surface area contributed by atoms with E-state index in [1.807, 2.05) is 43.3 Å². The Kier molecular flexibility index (Phi) is 6.45. The number of nitrogens with two attached hydrogens (primary N) is 1. The van der Waals surface area contributed by atoms with Gasteiger partial charge in [-0.2, -0.15) is 0 Å². The third kappa shape index (κ3) is 4.32. The van der Waals surface area contributed by atoms with Gasteiger partial charge in [0.25, 0.3) is 5.91 Å². The number of nitrogens with zero attached hydrogens (tertiary/aromatic N) is 6. The van der Waals surface area contributed by atoms with E-state index in [2.05, 4.69) is 26.7 Å². The lowest BCUT2D eigenvalue weighted by atomic mass is 9.83. The summed E-state index contributed by atoms with van der Waals surface area (Å²) >= 11 is 0. The summed E-state index contributed by atoms with van der Waals surface area (Å²) in [5.41, 5.74) is 11.5. The van der Waals surface area contributed by atoms with Crippen molar-refractivity contribution in [3.05, 3.63) is 71.6 Å². The van der Waals surface area contributed by atoms with E-state index < -0.39 is 0 Å². The number of amides is 3. The van der Waals surface area contributed by atoms with Gasteiger partial charge in [-0.1, -0.05) is 6.07 Å². The van der Waals surface area contributed by atoms with E-state index in [0.717, 1.165) is 60.4 Å². The van der Waals surface area contributed by atoms with Gasteiger partial charge >= 0.3 is 6.03 Å². The van der Waals surface area contributed by atoms with Crippen LogP contribution in [0.3, 0.4) is 0 Å². The van der Waals surface area contributed by atoms with Crippen LogP contribution in [0.2, 0.25) is 0 Å². The van der Waals surface area contributed by atoms with Crippen LogP contribution in [-0.4, -0.2) is 46.2 Å². The summed E-state index contributed by atoms with van der Waals surface area (Å²) in [4.78, 5) is 46.3. The summed E-state index contributed by atoms with van der Waals surface area (Å²) in [6, 6.07) is 10.8. The number of aryl methyl sites for hydroxylation is 1. The average molecular weight is 484 g/mol. The van der Waals surface area contributed by atoms with Gasteiger partial charge < -0.3 is 10.6 Å². The Hall–Kier alpha value is -4.14. The Bertz CT molecular complexity index is 1320. The van der Waals surface area contributed by atoms with Gasteiger partial charge in [0.15, 0.2) is 0 Å². The highest BCUT2D eigenvalue weighted by molar-refractivity contribution is 6.06. The van der Waals surface area contributed by atoms with Crippen molar-refractivity contribution in [3.8, 4) is 0 Å². The van der Waals surface area contributed by atoms with Crippen LogP contribution in [0.1, 0.15) is 59.0 Å². The summed E-state index contributed by atoms with van der Waals surface area (Å²) < 4.78 is 0. The average Bonchev–Trinajstić information content (AvgIpc) is 3.35. The summed E-state index contributed by atoms with van der Waals surface area (Å²) in [7, 11) is 0. The predicted octanol–water partition coefficient (Wildman–Crippen LogP) is 4.32. The van der Waals surface area contributed by atoms with Gasteiger partial charge in [0.1, 0.15) is 12.0 Å². The van der Waals surface area contributed by atoms with Gasteiger partial charge in [-0.15, -0.1) is 0 Å². The second kappa shape index (κ2) is 9.85. The van der Waals surface area contributed by atoms with Crippen molar-refractivity contribution in [2.45, 2.75) is 51.0 Å². The van der Waals surface area contributed by atoms with E-state index in [9.17, 15) is 9.59 Å². The summed E-state index contributed by atoms with van der Waals surface area (Å²) in [6.45, 7) is 5.92. The lowest BCUT2D eigenvalue weighted by Crippen LogP contribution is -2.41. The maximum absolute atomic E-state index is 13.3. The van der Waals surface area contributed by atoms with Gasteiger partial charge in [-0.25, -0.2) is 19.8 Å². The summed E-state index contributed by atoms with van der Waals surface area (Å²) in [5, 5.41) is 0. The molecule has 1 aliphatic heterocycles. The normalized spacial score (nSPS) is 19.0. The molecule has 0 radical (unpaired) electrons. The van der Waals surface area contributed by atoms with Gasteiger partial charge in [0, 0.05) is 47.3 Å². The predicted molar refractivity (Wildman–Crippen MR) is 140 cm³/mol. The molecule has 1 aliphatic carbocycles. The Labute approximate surface area is 210 Å². The Morgan fingerprint density at radius 2 is 1.92 bits per heavy atom. The van der Waals surface area contributed by atoms with Crippen molar-refractivity contribution < 1.29 is 9.59 Å². The first-order chi connectivity index (χ1) is 17.5. The smallest absolute Gasteiger partial charge is 0.347 e. The minimum absolute atomic E-state index is 0.00310. The van der Waals surface area contributed by atoms with E-state index in [1.54, 1.807) is 16.0 Å². The first-order valence-electron chi connectivity index (χ1n) is 12.2. The number of pyridine rings is 1. The number of hydrogen-bond donors (Lipinski definition) is 1. The number of urea groups is 1. The minimum Gasteiger partial charge on any atom is -0.398 e. The number of carbonyl (C=O) groups excluding carboxylic acids is 2. The molecular weight excluding hydrogens is 454 g/mol.